The average Bonchev–Trinajstić information content (AvgIpc) is 2.26. The van der Waals surface area contributed by atoms with Crippen LogP contribution in [0.2, 0.25) is 0 Å². The normalized spacial score (nSPS) is 34.5. The number of rotatable bonds is 3. The van der Waals surface area contributed by atoms with Crippen LogP contribution in [0.5, 0.6) is 0 Å². The average molecular weight is 196 g/mol. The SMILES string of the molecule is CCC1CCC(CC(C)C)CC(C)C1. The second kappa shape index (κ2) is 5.78. The van der Waals surface area contributed by atoms with Gasteiger partial charge in [0.1, 0.15) is 0 Å². The molecule has 0 amide bonds. The van der Waals surface area contributed by atoms with Crippen molar-refractivity contribution in [3.63, 3.8) is 0 Å². The van der Waals surface area contributed by atoms with E-state index in [0.29, 0.717) is 0 Å². The van der Waals surface area contributed by atoms with Crippen LogP contribution in [0.1, 0.15) is 66.2 Å². The zero-order chi connectivity index (χ0) is 10.6. The third kappa shape index (κ3) is 4.02. The first-order valence-electron chi connectivity index (χ1n) is 6.61. The second-order valence-corrected chi connectivity index (χ2v) is 5.92. The summed E-state index contributed by atoms with van der Waals surface area (Å²) in [6.45, 7) is 9.56. The fourth-order valence-electron chi connectivity index (χ4n) is 3.19. The van der Waals surface area contributed by atoms with Gasteiger partial charge in [-0.05, 0) is 42.9 Å². The predicted octanol–water partition coefficient (Wildman–Crippen LogP) is 4.89. The van der Waals surface area contributed by atoms with Crippen LogP contribution in [-0.4, -0.2) is 0 Å². The Balaban J connectivity index is 2.41. The molecule has 0 heteroatoms. The van der Waals surface area contributed by atoms with Gasteiger partial charge in [0.05, 0.1) is 0 Å². The first-order chi connectivity index (χ1) is 6.61. The van der Waals surface area contributed by atoms with E-state index in [4.69, 9.17) is 0 Å². The molecule has 1 fully saturated rings. The van der Waals surface area contributed by atoms with Crippen molar-refractivity contribution < 1.29 is 0 Å². The molecule has 0 saturated heterocycles. The van der Waals surface area contributed by atoms with Gasteiger partial charge < -0.3 is 0 Å². The molecule has 0 aromatic heterocycles. The molecule has 1 rings (SSSR count). The summed E-state index contributed by atoms with van der Waals surface area (Å²) in [4.78, 5) is 0. The highest BCUT2D eigenvalue weighted by Gasteiger charge is 2.22. The van der Waals surface area contributed by atoms with E-state index in [1.807, 2.05) is 0 Å². The fourth-order valence-corrected chi connectivity index (χ4v) is 3.19. The molecule has 1 saturated carbocycles. The van der Waals surface area contributed by atoms with Crippen LogP contribution in [0.3, 0.4) is 0 Å². The van der Waals surface area contributed by atoms with Crippen LogP contribution < -0.4 is 0 Å². The Kier molecular flexibility index (Phi) is 4.98. The van der Waals surface area contributed by atoms with Crippen molar-refractivity contribution in [3.8, 4) is 0 Å². The predicted molar refractivity (Wildman–Crippen MR) is 64.4 cm³/mol. The quantitative estimate of drug-likeness (QED) is 0.564. The Hall–Kier alpha value is 0. The molecule has 14 heavy (non-hydrogen) atoms. The van der Waals surface area contributed by atoms with Gasteiger partial charge in [-0.25, -0.2) is 0 Å². The zero-order valence-electron chi connectivity index (χ0n) is 10.6. The molecule has 0 N–H and O–H groups in total. The summed E-state index contributed by atoms with van der Waals surface area (Å²) >= 11 is 0. The molecule has 84 valence electrons. The number of hydrogen-bond acceptors (Lipinski definition) is 0. The van der Waals surface area contributed by atoms with Gasteiger partial charge in [-0.2, -0.15) is 0 Å². The van der Waals surface area contributed by atoms with Crippen LogP contribution in [-0.2, 0) is 0 Å². The van der Waals surface area contributed by atoms with E-state index < -0.39 is 0 Å². The molecule has 3 atom stereocenters. The lowest BCUT2D eigenvalue weighted by atomic mass is 9.88. The maximum Gasteiger partial charge on any atom is -0.0409 e. The van der Waals surface area contributed by atoms with Crippen molar-refractivity contribution in [3.05, 3.63) is 0 Å². The molecule has 3 unspecified atom stereocenters. The highest BCUT2D eigenvalue weighted by Crippen LogP contribution is 2.35. The minimum absolute atomic E-state index is 0.894. The summed E-state index contributed by atoms with van der Waals surface area (Å²) in [6, 6.07) is 0. The third-order valence-electron chi connectivity index (χ3n) is 3.84. The molecule has 0 aromatic rings. The smallest absolute Gasteiger partial charge is 0.0409 e. The molecule has 0 bridgehead atoms. The van der Waals surface area contributed by atoms with Crippen LogP contribution in [0, 0.1) is 23.7 Å². The first kappa shape index (κ1) is 12.1. The van der Waals surface area contributed by atoms with Crippen molar-refractivity contribution in [1.82, 2.24) is 0 Å². The molecule has 0 spiro atoms. The highest BCUT2D eigenvalue weighted by molar-refractivity contribution is 4.74. The maximum atomic E-state index is 2.46. The molecule has 1 aliphatic rings. The first-order valence-corrected chi connectivity index (χ1v) is 6.61. The van der Waals surface area contributed by atoms with Crippen LogP contribution >= 0.6 is 0 Å². The molecule has 0 heterocycles. The number of hydrogen-bond donors (Lipinski definition) is 0. The Bertz CT molecular complexity index is 148. The van der Waals surface area contributed by atoms with Gasteiger partial charge in [0.25, 0.3) is 0 Å². The van der Waals surface area contributed by atoms with E-state index >= 15 is 0 Å². The summed E-state index contributed by atoms with van der Waals surface area (Å²) in [5, 5.41) is 0. The Morgan fingerprint density at radius 3 is 2.21 bits per heavy atom. The zero-order valence-corrected chi connectivity index (χ0v) is 10.6. The van der Waals surface area contributed by atoms with Gasteiger partial charge in [0.15, 0.2) is 0 Å². The Labute approximate surface area is 90.5 Å². The summed E-state index contributed by atoms with van der Waals surface area (Å²) in [6.07, 6.45) is 8.85. The standard InChI is InChI=1S/C14H28/c1-5-13-6-7-14(8-11(2)3)10-12(4)9-13/h11-14H,5-10H2,1-4H3. The monoisotopic (exact) mass is 196 g/mol. The van der Waals surface area contributed by atoms with Crippen molar-refractivity contribution in [2.24, 2.45) is 23.7 Å². The van der Waals surface area contributed by atoms with Crippen molar-refractivity contribution >= 4 is 0 Å². The van der Waals surface area contributed by atoms with E-state index in [2.05, 4.69) is 27.7 Å². The lowest BCUT2D eigenvalue weighted by Gasteiger charge is -2.18. The minimum Gasteiger partial charge on any atom is -0.0651 e. The van der Waals surface area contributed by atoms with Crippen molar-refractivity contribution in [2.45, 2.75) is 66.2 Å². The lowest BCUT2D eigenvalue weighted by molar-refractivity contribution is 0.334. The summed E-state index contributed by atoms with van der Waals surface area (Å²) in [5.41, 5.74) is 0. The van der Waals surface area contributed by atoms with E-state index in [-0.39, 0.29) is 0 Å². The topological polar surface area (TPSA) is 0 Å². The van der Waals surface area contributed by atoms with E-state index in [1.54, 1.807) is 0 Å². The van der Waals surface area contributed by atoms with E-state index in [1.165, 1.54) is 38.5 Å². The van der Waals surface area contributed by atoms with Crippen LogP contribution in [0.15, 0.2) is 0 Å². The van der Waals surface area contributed by atoms with Gasteiger partial charge in [-0.15, -0.1) is 0 Å². The van der Waals surface area contributed by atoms with E-state index in [9.17, 15) is 0 Å². The lowest BCUT2D eigenvalue weighted by Crippen LogP contribution is -2.06. The van der Waals surface area contributed by atoms with Gasteiger partial charge in [0.2, 0.25) is 0 Å². The van der Waals surface area contributed by atoms with Gasteiger partial charge in [-0.3, -0.25) is 0 Å². The van der Waals surface area contributed by atoms with Crippen LogP contribution in [0.25, 0.3) is 0 Å². The highest BCUT2D eigenvalue weighted by atomic mass is 14.3. The minimum atomic E-state index is 0.894. The molecule has 0 aliphatic heterocycles. The molecular formula is C14H28. The third-order valence-corrected chi connectivity index (χ3v) is 3.84. The largest absolute Gasteiger partial charge is 0.0651 e. The van der Waals surface area contributed by atoms with Crippen LogP contribution in [0.4, 0.5) is 0 Å². The second-order valence-electron chi connectivity index (χ2n) is 5.92. The summed E-state index contributed by atoms with van der Waals surface area (Å²) in [5.74, 6) is 3.93. The van der Waals surface area contributed by atoms with Gasteiger partial charge in [-0.1, -0.05) is 47.0 Å². The molecule has 0 radical (unpaired) electrons. The van der Waals surface area contributed by atoms with Gasteiger partial charge in [0, 0.05) is 0 Å². The van der Waals surface area contributed by atoms with E-state index in [0.717, 1.165) is 23.7 Å². The summed E-state index contributed by atoms with van der Waals surface area (Å²) in [7, 11) is 0. The molecule has 0 aromatic carbocycles. The molecule has 0 nitrogen and oxygen atoms in total. The molecular weight excluding hydrogens is 168 g/mol. The fraction of sp³-hybridized carbons (Fsp3) is 1.00. The summed E-state index contributed by atoms with van der Waals surface area (Å²) < 4.78 is 0. The maximum absolute atomic E-state index is 2.46. The Morgan fingerprint density at radius 2 is 1.64 bits per heavy atom. The van der Waals surface area contributed by atoms with Crippen molar-refractivity contribution in [2.75, 3.05) is 0 Å². The Morgan fingerprint density at radius 1 is 1.07 bits per heavy atom. The molecule has 1 aliphatic carbocycles. The van der Waals surface area contributed by atoms with Crippen molar-refractivity contribution in [1.29, 1.82) is 0 Å². The van der Waals surface area contributed by atoms with Gasteiger partial charge >= 0.3 is 0 Å².